The summed E-state index contributed by atoms with van der Waals surface area (Å²) in [5, 5.41) is 3.89. The highest BCUT2D eigenvalue weighted by atomic mass is 28.3. The van der Waals surface area contributed by atoms with E-state index in [0.717, 1.165) is 24.0 Å². The molecule has 0 radical (unpaired) electrons. The van der Waals surface area contributed by atoms with E-state index in [1.54, 1.807) is 0 Å². The van der Waals surface area contributed by atoms with Gasteiger partial charge >= 0.3 is 0 Å². The third-order valence-electron chi connectivity index (χ3n) is 8.28. The van der Waals surface area contributed by atoms with Crippen LogP contribution in [0.2, 0.25) is 19.6 Å². The molecule has 0 bridgehead atoms. The lowest BCUT2D eigenvalue weighted by Gasteiger charge is -2.19. The molecule has 0 aliphatic heterocycles. The summed E-state index contributed by atoms with van der Waals surface area (Å²) in [6.07, 6.45) is 2.10. The second-order valence-corrected chi connectivity index (χ2v) is 16.7. The Morgan fingerprint density at radius 3 is 2.13 bits per heavy atom. The highest BCUT2D eigenvalue weighted by molar-refractivity contribution is 6.90. The number of furan rings is 1. The number of fused-ring (bicyclic) bond motifs is 6. The molecular weight excluding hydrogens is 476 g/mol. The molecule has 1 atom stereocenters. The minimum absolute atomic E-state index is 0.276. The maximum atomic E-state index is 6.84. The molecule has 1 aliphatic rings. The maximum Gasteiger partial charge on any atom is 0.139 e. The normalized spacial score (nSPS) is 15.3. The molecule has 1 heterocycles. The van der Waals surface area contributed by atoms with E-state index in [9.17, 15) is 0 Å². The van der Waals surface area contributed by atoms with Crippen LogP contribution in [0.25, 0.3) is 44.2 Å². The highest BCUT2D eigenvalue weighted by Gasteiger charge is 2.28. The van der Waals surface area contributed by atoms with Gasteiger partial charge in [0.05, 0.1) is 8.07 Å². The summed E-state index contributed by atoms with van der Waals surface area (Å²) in [5.41, 5.74) is 11.5. The van der Waals surface area contributed by atoms with E-state index in [-0.39, 0.29) is 5.92 Å². The van der Waals surface area contributed by atoms with Gasteiger partial charge in [0.25, 0.3) is 0 Å². The van der Waals surface area contributed by atoms with Crippen LogP contribution in [-0.4, -0.2) is 8.07 Å². The summed E-state index contributed by atoms with van der Waals surface area (Å²) in [7, 11) is -1.55. The van der Waals surface area contributed by atoms with Crippen molar-refractivity contribution in [2.45, 2.75) is 38.4 Å². The molecule has 1 aromatic heterocycles. The van der Waals surface area contributed by atoms with Gasteiger partial charge in [0, 0.05) is 22.3 Å². The van der Waals surface area contributed by atoms with Crippen molar-refractivity contribution in [3.8, 4) is 22.3 Å². The number of hydrogen-bond donors (Lipinski definition) is 0. The monoisotopic (exact) mass is 508 g/mol. The molecular formula is C36H32OSi. The molecule has 0 spiro atoms. The average Bonchev–Trinajstić information content (AvgIpc) is 3.24. The van der Waals surface area contributed by atoms with Crippen molar-refractivity contribution in [3.63, 3.8) is 0 Å². The van der Waals surface area contributed by atoms with E-state index in [0.29, 0.717) is 0 Å². The fourth-order valence-corrected chi connectivity index (χ4v) is 7.85. The van der Waals surface area contributed by atoms with Crippen molar-refractivity contribution in [2.75, 3.05) is 0 Å². The molecule has 38 heavy (non-hydrogen) atoms. The Hall–Kier alpha value is -3.88. The van der Waals surface area contributed by atoms with Crippen LogP contribution in [0.3, 0.4) is 0 Å². The molecule has 2 heteroatoms. The fraction of sp³-hybridized carbons (Fsp3) is 0.167. The molecule has 0 saturated carbocycles. The predicted molar refractivity (Wildman–Crippen MR) is 164 cm³/mol. The van der Waals surface area contributed by atoms with Crippen molar-refractivity contribution >= 4 is 35.2 Å². The van der Waals surface area contributed by atoms with Crippen molar-refractivity contribution in [3.05, 3.63) is 126 Å². The van der Waals surface area contributed by atoms with Gasteiger partial charge in [-0.2, -0.15) is 0 Å². The average molecular weight is 509 g/mol. The molecule has 1 aliphatic carbocycles. The maximum absolute atomic E-state index is 6.84. The molecule has 0 N–H and O–H groups in total. The summed E-state index contributed by atoms with van der Waals surface area (Å²) >= 11 is 0. The van der Waals surface area contributed by atoms with Crippen LogP contribution in [0.5, 0.6) is 0 Å². The van der Waals surface area contributed by atoms with Crippen LogP contribution in [-0.2, 0) is 6.42 Å². The largest absolute Gasteiger partial charge is 0.456 e. The summed E-state index contributed by atoms with van der Waals surface area (Å²) in [6, 6.07) is 40.2. The number of para-hydroxylation sites is 2. The lowest BCUT2D eigenvalue weighted by atomic mass is 9.85. The van der Waals surface area contributed by atoms with Crippen LogP contribution in [0, 0.1) is 0 Å². The number of hydrogen-bond acceptors (Lipinski definition) is 1. The van der Waals surface area contributed by atoms with E-state index in [2.05, 4.69) is 129 Å². The molecule has 1 unspecified atom stereocenters. The van der Waals surface area contributed by atoms with Gasteiger partial charge < -0.3 is 4.42 Å². The number of rotatable bonds is 3. The van der Waals surface area contributed by atoms with Crippen LogP contribution in [0.15, 0.2) is 114 Å². The van der Waals surface area contributed by atoms with Gasteiger partial charge in [-0.05, 0) is 57.5 Å². The quantitative estimate of drug-likeness (QED) is 0.217. The zero-order valence-electron chi connectivity index (χ0n) is 22.3. The molecule has 0 fully saturated rings. The standard InChI is InChI=1S/C36H32OSi/c1-38(2,3)34-18-10-17-32-31-16-9-15-30(35(31)37-36(32)34)29-22-21-25-19-20-26(24-11-5-4-6-12-24)23-33(25)28-14-8-7-13-27(28)29/h4-20,23,29H,21-22H2,1-3H3. The van der Waals surface area contributed by atoms with Gasteiger partial charge in [-0.15, -0.1) is 0 Å². The first-order valence-corrected chi connectivity index (χ1v) is 17.2. The van der Waals surface area contributed by atoms with Gasteiger partial charge in [0.2, 0.25) is 0 Å². The first kappa shape index (κ1) is 23.2. The predicted octanol–water partition coefficient (Wildman–Crippen LogP) is 9.54. The minimum Gasteiger partial charge on any atom is -0.456 e. The van der Waals surface area contributed by atoms with Crippen molar-refractivity contribution < 1.29 is 4.42 Å². The molecule has 0 saturated heterocycles. The summed E-state index contributed by atoms with van der Waals surface area (Å²) in [4.78, 5) is 0. The van der Waals surface area contributed by atoms with E-state index in [1.165, 1.54) is 54.9 Å². The van der Waals surface area contributed by atoms with E-state index in [1.807, 2.05) is 0 Å². The Bertz CT molecular complexity index is 1800. The van der Waals surface area contributed by atoms with Gasteiger partial charge in [0.15, 0.2) is 0 Å². The second-order valence-electron chi connectivity index (χ2n) is 11.7. The smallest absolute Gasteiger partial charge is 0.139 e. The molecule has 0 amide bonds. The lowest BCUT2D eigenvalue weighted by molar-refractivity contribution is 0.649. The highest BCUT2D eigenvalue weighted by Crippen LogP contribution is 2.45. The van der Waals surface area contributed by atoms with Gasteiger partial charge in [-0.25, -0.2) is 0 Å². The molecule has 5 aromatic carbocycles. The number of aryl methyl sites for hydroxylation is 1. The first-order valence-electron chi connectivity index (χ1n) is 13.7. The van der Waals surface area contributed by atoms with E-state index < -0.39 is 8.07 Å². The summed E-state index contributed by atoms with van der Waals surface area (Å²) in [5.74, 6) is 0.276. The van der Waals surface area contributed by atoms with E-state index >= 15 is 0 Å². The third-order valence-corrected chi connectivity index (χ3v) is 10.3. The Labute approximate surface area is 225 Å². The molecule has 186 valence electrons. The zero-order chi connectivity index (χ0) is 25.9. The van der Waals surface area contributed by atoms with Crippen LogP contribution >= 0.6 is 0 Å². The minimum atomic E-state index is -1.55. The van der Waals surface area contributed by atoms with Crippen LogP contribution < -0.4 is 5.19 Å². The second kappa shape index (κ2) is 8.85. The van der Waals surface area contributed by atoms with E-state index in [4.69, 9.17) is 4.42 Å². The van der Waals surface area contributed by atoms with Gasteiger partial charge in [-0.3, -0.25) is 0 Å². The summed E-state index contributed by atoms with van der Waals surface area (Å²) < 4.78 is 6.84. The summed E-state index contributed by atoms with van der Waals surface area (Å²) in [6.45, 7) is 7.20. The van der Waals surface area contributed by atoms with Crippen molar-refractivity contribution in [1.82, 2.24) is 0 Å². The molecule has 6 aromatic rings. The van der Waals surface area contributed by atoms with Gasteiger partial charge in [0.1, 0.15) is 11.2 Å². The van der Waals surface area contributed by atoms with Gasteiger partial charge in [-0.1, -0.05) is 123 Å². The Balaban J connectivity index is 1.42. The lowest BCUT2D eigenvalue weighted by Crippen LogP contribution is -2.37. The topological polar surface area (TPSA) is 13.1 Å². The molecule has 7 rings (SSSR count). The third kappa shape index (κ3) is 3.75. The Kier molecular flexibility index (Phi) is 5.42. The van der Waals surface area contributed by atoms with Crippen LogP contribution in [0.1, 0.15) is 29.0 Å². The Morgan fingerprint density at radius 1 is 0.605 bits per heavy atom. The van der Waals surface area contributed by atoms with Crippen molar-refractivity contribution in [2.24, 2.45) is 0 Å². The van der Waals surface area contributed by atoms with Crippen LogP contribution in [0.4, 0.5) is 0 Å². The fourth-order valence-electron chi connectivity index (χ4n) is 6.39. The SMILES string of the molecule is C[Si](C)(C)c1cccc2c1oc1c(C3CCc4ccc(-c5ccccc5)cc4-c4ccccc43)cccc12. The first-order chi connectivity index (χ1) is 18.5. The molecule has 1 nitrogen and oxygen atoms in total. The Morgan fingerprint density at radius 2 is 1.32 bits per heavy atom. The number of benzene rings is 5. The van der Waals surface area contributed by atoms with Crippen molar-refractivity contribution in [1.29, 1.82) is 0 Å². The zero-order valence-corrected chi connectivity index (χ0v) is 23.3.